The van der Waals surface area contributed by atoms with E-state index in [-0.39, 0.29) is 5.91 Å². The van der Waals surface area contributed by atoms with Crippen LogP contribution < -0.4 is 10.1 Å². The first-order chi connectivity index (χ1) is 12.1. The zero-order valence-corrected chi connectivity index (χ0v) is 14.5. The molecule has 2 N–H and O–H groups in total. The Balaban J connectivity index is 1.48. The summed E-state index contributed by atoms with van der Waals surface area (Å²) < 4.78 is 10.8. The van der Waals surface area contributed by atoms with Crippen LogP contribution in [0.4, 0.5) is 0 Å². The fourth-order valence-corrected chi connectivity index (χ4v) is 3.10. The Kier molecular flexibility index (Phi) is 5.38. The molecule has 1 amide bonds. The van der Waals surface area contributed by atoms with Gasteiger partial charge in [0.25, 0.3) is 0 Å². The van der Waals surface area contributed by atoms with Crippen molar-refractivity contribution in [3.05, 3.63) is 36.4 Å². The minimum Gasteiger partial charge on any atom is -0.497 e. The standard InChI is InChI=1S/C19H24N2O4/c1-24-15-6-4-14(5-7-15)16-12-20-18(25-16)9-8-17(22)21-13-19(23)10-2-3-11-19/h4-7,12,23H,2-3,8-11,13H2,1H3,(H,21,22). The Hall–Kier alpha value is -2.34. The lowest BCUT2D eigenvalue weighted by atomic mass is 10.0. The zero-order chi connectivity index (χ0) is 17.7. The van der Waals surface area contributed by atoms with Crippen LogP contribution >= 0.6 is 0 Å². The van der Waals surface area contributed by atoms with Crippen molar-refractivity contribution >= 4 is 5.91 Å². The lowest BCUT2D eigenvalue weighted by molar-refractivity contribution is -0.122. The van der Waals surface area contributed by atoms with Crippen molar-refractivity contribution in [1.29, 1.82) is 0 Å². The maximum absolute atomic E-state index is 12.0. The van der Waals surface area contributed by atoms with Gasteiger partial charge >= 0.3 is 0 Å². The van der Waals surface area contributed by atoms with E-state index in [2.05, 4.69) is 10.3 Å². The molecular weight excluding hydrogens is 320 g/mol. The number of rotatable bonds is 7. The highest BCUT2D eigenvalue weighted by atomic mass is 16.5. The minimum atomic E-state index is -0.722. The number of hydrogen-bond acceptors (Lipinski definition) is 5. The predicted octanol–water partition coefficient (Wildman–Crippen LogP) is 2.70. The molecular formula is C19H24N2O4. The minimum absolute atomic E-state index is 0.0930. The van der Waals surface area contributed by atoms with Crippen LogP contribution in [0.2, 0.25) is 0 Å². The largest absolute Gasteiger partial charge is 0.497 e. The number of benzene rings is 1. The molecule has 25 heavy (non-hydrogen) atoms. The molecule has 0 bridgehead atoms. The van der Waals surface area contributed by atoms with Crippen LogP contribution in [0.25, 0.3) is 11.3 Å². The number of carbonyl (C=O) groups is 1. The van der Waals surface area contributed by atoms with E-state index in [1.54, 1.807) is 13.3 Å². The van der Waals surface area contributed by atoms with Gasteiger partial charge in [0.2, 0.25) is 5.91 Å². The Bertz CT molecular complexity index is 702. The number of ether oxygens (including phenoxy) is 1. The summed E-state index contributed by atoms with van der Waals surface area (Å²) in [5.41, 5.74) is 0.188. The summed E-state index contributed by atoms with van der Waals surface area (Å²) >= 11 is 0. The highest BCUT2D eigenvalue weighted by Crippen LogP contribution is 2.28. The third-order valence-electron chi connectivity index (χ3n) is 4.64. The van der Waals surface area contributed by atoms with Gasteiger partial charge in [-0.05, 0) is 37.1 Å². The number of nitrogens with zero attached hydrogens (tertiary/aromatic N) is 1. The van der Waals surface area contributed by atoms with Crippen molar-refractivity contribution < 1.29 is 19.1 Å². The summed E-state index contributed by atoms with van der Waals surface area (Å²) in [6, 6.07) is 7.52. The van der Waals surface area contributed by atoms with Gasteiger partial charge in [-0.3, -0.25) is 4.79 Å². The SMILES string of the molecule is COc1ccc(-c2cnc(CCC(=O)NCC3(O)CCCC3)o2)cc1. The smallest absolute Gasteiger partial charge is 0.220 e. The highest BCUT2D eigenvalue weighted by molar-refractivity contribution is 5.76. The van der Waals surface area contributed by atoms with Crippen molar-refractivity contribution in [3.8, 4) is 17.1 Å². The number of nitrogens with one attached hydrogen (secondary N) is 1. The molecule has 1 aromatic carbocycles. The van der Waals surface area contributed by atoms with Crippen molar-refractivity contribution in [2.24, 2.45) is 0 Å². The van der Waals surface area contributed by atoms with E-state index in [9.17, 15) is 9.90 Å². The van der Waals surface area contributed by atoms with Gasteiger partial charge in [0.15, 0.2) is 11.7 Å². The lowest BCUT2D eigenvalue weighted by Gasteiger charge is -2.22. The summed E-state index contributed by atoms with van der Waals surface area (Å²) in [5, 5.41) is 13.1. The van der Waals surface area contributed by atoms with Crippen LogP contribution in [0.3, 0.4) is 0 Å². The molecule has 0 saturated heterocycles. The maximum atomic E-state index is 12.0. The van der Waals surface area contributed by atoms with Gasteiger partial charge in [-0.2, -0.15) is 0 Å². The van der Waals surface area contributed by atoms with Gasteiger partial charge in [0, 0.05) is 24.9 Å². The van der Waals surface area contributed by atoms with E-state index in [0.29, 0.717) is 31.0 Å². The molecule has 6 heteroatoms. The molecule has 1 aromatic heterocycles. The maximum Gasteiger partial charge on any atom is 0.220 e. The lowest BCUT2D eigenvalue weighted by Crippen LogP contribution is -2.40. The molecule has 1 fully saturated rings. The predicted molar refractivity (Wildman–Crippen MR) is 93.2 cm³/mol. The Labute approximate surface area is 147 Å². The molecule has 1 aliphatic rings. The molecule has 0 aliphatic heterocycles. The fraction of sp³-hybridized carbons (Fsp3) is 0.474. The molecule has 1 saturated carbocycles. The van der Waals surface area contributed by atoms with Crippen molar-refractivity contribution in [2.45, 2.75) is 44.1 Å². The molecule has 134 valence electrons. The van der Waals surface area contributed by atoms with Gasteiger partial charge in [-0.25, -0.2) is 4.98 Å². The van der Waals surface area contributed by atoms with E-state index in [1.165, 1.54) is 0 Å². The quantitative estimate of drug-likeness (QED) is 0.807. The molecule has 6 nitrogen and oxygen atoms in total. The molecule has 1 aliphatic carbocycles. The van der Waals surface area contributed by atoms with Crippen molar-refractivity contribution in [1.82, 2.24) is 10.3 Å². The van der Waals surface area contributed by atoms with Crippen molar-refractivity contribution in [3.63, 3.8) is 0 Å². The number of aliphatic hydroxyl groups is 1. The van der Waals surface area contributed by atoms with Gasteiger partial charge in [-0.15, -0.1) is 0 Å². The Morgan fingerprint density at radius 1 is 1.32 bits per heavy atom. The third-order valence-corrected chi connectivity index (χ3v) is 4.64. The number of hydrogen-bond donors (Lipinski definition) is 2. The number of oxazole rings is 1. The van der Waals surface area contributed by atoms with Gasteiger partial charge in [-0.1, -0.05) is 12.8 Å². The highest BCUT2D eigenvalue weighted by Gasteiger charge is 2.31. The molecule has 0 spiro atoms. The molecule has 2 aromatic rings. The van der Waals surface area contributed by atoms with Crippen molar-refractivity contribution in [2.75, 3.05) is 13.7 Å². The molecule has 0 radical (unpaired) electrons. The van der Waals surface area contributed by atoms with E-state index < -0.39 is 5.60 Å². The van der Waals surface area contributed by atoms with Crippen LogP contribution in [0, 0.1) is 0 Å². The number of methoxy groups -OCH3 is 1. The number of aryl methyl sites for hydroxylation is 1. The topological polar surface area (TPSA) is 84.6 Å². The summed E-state index contributed by atoms with van der Waals surface area (Å²) in [5.74, 6) is 1.88. The van der Waals surface area contributed by atoms with Crippen LogP contribution in [0.15, 0.2) is 34.9 Å². The van der Waals surface area contributed by atoms with E-state index >= 15 is 0 Å². The first-order valence-electron chi connectivity index (χ1n) is 8.66. The second-order valence-corrected chi connectivity index (χ2v) is 6.55. The number of aromatic nitrogens is 1. The summed E-state index contributed by atoms with van der Waals surface area (Å²) in [7, 11) is 1.62. The average molecular weight is 344 g/mol. The van der Waals surface area contributed by atoms with Gasteiger partial charge in [0.05, 0.1) is 18.9 Å². The van der Waals surface area contributed by atoms with E-state index in [1.807, 2.05) is 24.3 Å². The van der Waals surface area contributed by atoms with E-state index in [0.717, 1.165) is 37.0 Å². The first-order valence-corrected chi connectivity index (χ1v) is 8.66. The van der Waals surface area contributed by atoms with Crippen LogP contribution in [0.1, 0.15) is 38.0 Å². The molecule has 3 rings (SSSR count). The number of amides is 1. The fourth-order valence-electron chi connectivity index (χ4n) is 3.10. The average Bonchev–Trinajstić information content (AvgIpc) is 3.28. The summed E-state index contributed by atoms with van der Waals surface area (Å²) in [6.45, 7) is 0.328. The molecule has 0 unspecified atom stereocenters. The monoisotopic (exact) mass is 344 g/mol. The Morgan fingerprint density at radius 2 is 2.04 bits per heavy atom. The van der Waals surface area contributed by atoms with Crippen LogP contribution in [0.5, 0.6) is 5.75 Å². The first kappa shape index (κ1) is 17.5. The second kappa shape index (κ2) is 7.70. The summed E-state index contributed by atoms with van der Waals surface area (Å²) in [4.78, 5) is 16.2. The normalized spacial score (nSPS) is 15.9. The van der Waals surface area contributed by atoms with E-state index in [4.69, 9.17) is 9.15 Å². The second-order valence-electron chi connectivity index (χ2n) is 6.55. The van der Waals surface area contributed by atoms with Crippen LogP contribution in [-0.2, 0) is 11.2 Å². The Morgan fingerprint density at radius 3 is 2.72 bits per heavy atom. The van der Waals surface area contributed by atoms with Gasteiger partial charge < -0.3 is 19.6 Å². The number of carbonyl (C=O) groups excluding carboxylic acids is 1. The zero-order valence-electron chi connectivity index (χ0n) is 14.5. The van der Waals surface area contributed by atoms with Crippen LogP contribution in [-0.4, -0.2) is 35.3 Å². The summed E-state index contributed by atoms with van der Waals surface area (Å²) in [6.07, 6.45) is 5.96. The third kappa shape index (κ3) is 4.60. The van der Waals surface area contributed by atoms with Gasteiger partial charge in [0.1, 0.15) is 5.75 Å². The molecule has 1 heterocycles. The molecule has 0 atom stereocenters.